The van der Waals surface area contributed by atoms with Gasteiger partial charge in [0.2, 0.25) is 0 Å². The van der Waals surface area contributed by atoms with Gasteiger partial charge in [-0.3, -0.25) is 9.59 Å². The van der Waals surface area contributed by atoms with Gasteiger partial charge in [-0.25, -0.2) is 0 Å². The van der Waals surface area contributed by atoms with E-state index in [1.54, 1.807) is 0 Å². The van der Waals surface area contributed by atoms with E-state index in [-0.39, 0.29) is 17.3 Å². The molecule has 4 aliphatic rings. The largest absolute Gasteiger partial charge is 0.469 e. The summed E-state index contributed by atoms with van der Waals surface area (Å²) in [6.45, 7) is 15.1. The van der Waals surface area contributed by atoms with Gasteiger partial charge in [-0.05, 0) is 98.4 Å². The van der Waals surface area contributed by atoms with Crippen LogP contribution in [-0.2, 0) is 14.3 Å². The summed E-state index contributed by atoms with van der Waals surface area (Å²) >= 11 is 0. The van der Waals surface area contributed by atoms with E-state index in [1.165, 1.54) is 64.0 Å². The highest BCUT2D eigenvalue weighted by Gasteiger charge is 2.63. The van der Waals surface area contributed by atoms with E-state index in [0.717, 1.165) is 12.8 Å². The van der Waals surface area contributed by atoms with Crippen molar-refractivity contribution < 1.29 is 14.3 Å². The van der Waals surface area contributed by atoms with Gasteiger partial charge in [0.1, 0.15) is 0 Å². The molecule has 0 aromatic rings. The van der Waals surface area contributed by atoms with Crippen molar-refractivity contribution in [2.24, 2.45) is 40.4 Å². The fourth-order valence-corrected chi connectivity index (χ4v) is 8.44. The van der Waals surface area contributed by atoms with Crippen LogP contribution < -0.4 is 0 Å². The Hall–Kier alpha value is -1.12. The summed E-state index contributed by atoms with van der Waals surface area (Å²) in [5, 5.41) is 0. The van der Waals surface area contributed by atoms with Crippen molar-refractivity contribution in [2.75, 3.05) is 7.11 Å². The zero-order chi connectivity index (χ0) is 24.8. The first-order chi connectivity index (χ1) is 15.9. The molecule has 0 heterocycles. The molecule has 4 rings (SSSR count). The van der Waals surface area contributed by atoms with Crippen molar-refractivity contribution >= 4 is 11.8 Å². The van der Waals surface area contributed by atoms with Crippen LogP contribution in [0.4, 0.5) is 0 Å². The maximum atomic E-state index is 13.8. The zero-order valence-corrected chi connectivity index (χ0v) is 23.0. The molecular weight excluding hydrogens is 408 g/mol. The summed E-state index contributed by atoms with van der Waals surface area (Å²) < 4.78 is 4.83. The summed E-state index contributed by atoms with van der Waals surface area (Å²) in [5.74, 6) is 2.92. The Labute approximate surface area is 204 Å². The molecule has 0 aliphatic heterocycles. The summed E-state index contributed by atoms with van der Waals surface area (Å²) in [7, 11) is 1.48. The molecule has 4 saturated carbocycles. The molecule has 7 atom stereocenters. The van der Waals surface area contributed by atoms with Gasteiger partial charge in [0.05, 0.1) is 7.11 Å². The predicted octanol–water partition coefficient (Wildman–Crippen LogP) is 8.17. The molecule has 7 unspecified atom stereocenters. The molecule has 0 spiro atoms. The first kappa shape index (κ1) is 28.1. The lowest BCUT2D eigenvalue weighted by Crippen LogP contribution is -2.57. The number of ketones is 1. The first-order valence-electron chi connectivity index (χ1n) is 14.1. The van der Waals surface area contributed by atoms with Crippen molar-refractivity contribution in [3.05, 3.63) is 11.6 Å². The molecule has 4 aliphatic carbocycles. The van der Waals surface area contributed by atoms with Gasteiger partial charge in [-0.15, -0.1) is 0 Å². The quantitative estimate of drug-likeness (QED) is 0.314. The van der Waals surface area contributed by atoms with Crippen molar-refractivity contribution in [3.8, 4) is 0 Å². The molecule has 3 heteroatoms. The van der Waals surface area contributed by atoms with Crippen LogP contribution >= 0.6 is 0 Å². The minimum absolute atomic E-state index is 0.0927. The summed E-state index contributed by atoms with van der Waals surface area (Å²) in [5.41, 5.74) is 1.76. The maximum Gasteiger partial charge on any atom is 0.305 e. The SMILES string of the molecule is C/C=C1/C(=O)C2C3CCC(CCCC(=O)OC)C3(C)CCC2C2(C)CCCCC12.CC.CC. The van der Waals surface area contributed by atoms with E-state index in [4.69, 9.17) is 4.74 Å². The second-order valence-corrected chi connectivity index (χ2v) is 10.9. The van der Waals surface area contributed by atoms with E-state index in [1.807, 2.05) is 27.7 Å². The molecule has 0 N–H and O–H groups in total. The highest BCUT2D eigenvalue weighted by Crippen LogP contribution is 2.67. The standard InChI is InChI=1S/C26H40O3.2C2H6/c1-5-18-19-10-6-7-15-26(19,3)21-14-16-25(2)17(9-8-11-22(27)29-4)12-13-20(25)23(21)24(18)28;2*1-2/h5,17,19-21,23H,6-16H2,1-4H3;2*1-2H3/b18-5+;;. The number of fused-ring (bicyclic) bond motifs is 5. The van der Waals surface area contributed by atoms with Crippen LogP contribution in [0.5, 0.6) is 0 Å². The third-order valence-electron chi connectivity index (χ3n) is 10.0. The Morgan fingerprint density at radius 1 is 0.970 bits per heavy atom. The van der Waals surface area contributed by atoms with Gasteiger partial charge in [-0.2, -0.15) is 0 Å². The number of esters is 1. The monoisotopic (exact) mass is 460 g/mol. The number of ether oxygens (including phenoxy) is 1. The van der Waals surface area contributed by atoms with Crippen molar-refractivity contribution in [1.29, 1.82) is 0 Å². The van der Waals surface area contributed by atoms with Crippen LogP contribution in [0.2, 0.25) is 0 Å². The van der Waals surface area contributed by atoms with Crippen LogP contribution in [0, 0.1) is 40.4 Å². The van der Waals surface area contributed by atoms with Gasteiger partial charge in [0.15, 0.2) is 5.78 Å². The van der Waals surface area contributed by atoms with Crippen molar-refractivity contribution in [1.82, 2.24) is 0 Å². The maximum absolute atomic E-state index is 13.8. The molecule has 0 saturated heterocycles. The lowest BCUT2D eigenvalue weighted by atomic mass is 9.43. The number of hydrogen-bond acceptors (Lipinski definition) is 3. The molecule has 4 fully saturated rings. The van der Waals surface area contributed by atoms with Gasteiger partial charge in [0, 0.05) is 12.3 Å². The fraction of sp³-hybridized carbons (Fsp3) is 0.867. The molecule has 190 valence electrons. The highest BCUT2D eigenvalue weighted by atomic mass is 16.5. The lowest BCUT2D eigenvalue weighted by molar-refractivity contribution is -0.145. The normalized spacial score (nSPS) is 40.3. The molecule has 0 aromatic heterocycles. The first-order valence-corrected chi connectivity index (χ1v) is 14.1. The van der Waals surface area contributed by atoms with Gasteiger partial charge in [0.25, 0.3) is 0 Å². The Bertz CT molecular complexity index is 695. The number of rotatable bonds is 4. The molecule has 3 nitrogen and oxygen atoms in total. The molecule has 33 heavy (non-hydrogen) atoms. The average molecular weight is 461 g/mol. The van der Waals surface area contributed by atoms with E-state index in [9.17, 15) is 9.59 Å². The van der Waals surface area contributed by atoms with Crippen molar-refractivity contribution in [3.63, 3.8) is 0 Å². The predicted molar refractivity (Wildman–Crippen MR) is 138 cm³/mol. The van der Waals surface area contributed by atoms with Gasteiger partial charge >= 0.3 is 5.97 Å². The Balaban J connectivity index is 0.000000914. The van der Waals surface area contributed by atoms with Crippen molar-refractivity contribution in [2.45, 2.75) is 119 Å². The van der Waals surface area contributed by atoms with E-state index < -0.39 is 0 Å². The second kappa shape index (κ2) is 12.0. The topological polar surface area (TPSA) is 43.4 Å². The Morgan fingerprint density at radius 3 is 2.27 bits per heavy atom. The number of hydrogen-bond donors (Lipinski definition) is 0. The lowest BCUT2D eigenvalue weighted by Gasteiger charge is -2.60. The molecular formula is C30H52O3. The minimum atomic E-state index is -0.0927. The average Bonchev–Trinajstić information content (AvgIpc) is 3.18. The number of Topliss-reactive ketones (excluding diaryl/α,β-unsaturated/α-hetero) is 1. The number of methoxy groups -OCH3 is 1. The minimum Gasteiger partial charge on any atom is -0.469 e. The Kier molecular flexibility index (Phi) is 10.2. The van der Waals surface area contributed by atoms with E-state index in [0.29, 0.717) is 41.3 Å². The highest BCUT2D eigenvalue weighted by molar-refractivity contribution is 5.99. The Morgan fingerprint density at radius 2 is 1.64 bits per heavy atom. The molecule has 0 aromatic carbocycles. The van der Waals surface area contributed by atoms with Crippen LogP contribution in [0.1, 0.15) is 119 Å². The summed E-state index contributed by atoms with van der Waals surface area (Å²) in [6.07, 6.45) is 14.8. The van der Waals surface area contributed by atoms with Crippen LogP contribution in [0.25, 0.3) is 0 Å². The van der Waals surface area contributed by atoms with Crippen LogP contribution in [0.3, 0.4) is 0 Å². The van der Waals surface area contributed by atoms with Gasteiger partial charge < -0.3 is 4.74 Å². The number of allylic oxidation sites excluding steroid dienone is 2. The van der Waals surface area contributed by atoms with E-state index in [2.05, 4.69) is 26.8 Å². The van der Waals surface area contributed by atoms with E-state index >= 15 is 0 Å². The fourth-order valence-electron chi connectivity index (χ4n) is 8.44. The van der Waals surface area contributed by atoms with Gasteiger partial charge in [-0.1, -0.05) is 60.5 Å². The van der Waals surface area contributed by atoms with Crippen LogP contribution in [0.15, 0.2) is 11.6 Å². The molecule has 0 amide bonds. The molecule has 0 radical (unpaired) electrons. The number of carbonyl (C=O) groups excluding carboxylic acids is 2. The van der Waals surface area contributed by atoms with Crippen LogP contribution in [-0.4, -0.2) is 18.9 Å². The summed E-state index contributed by atoms with van der Waals surface area (Å²) in [4.78, 5) is 25.3. The molecule has 0 bridgehead atoms. The third kappa shape index (κ3) is 4.98. The summed E-state index contributed by atoms with van der Waals surface area (Å²) in [6, 6.07) is 0. The second-order valence-electron chi connectivity index (χ2n) is 10.9. The number of carbonyl (C=O) groups is 2. The third-order valence-corrected chi connectivity index (χ3v) is 10.0. The zero-order valence-electron chi connectivity index (χ0n) is 23.0. The smallest absolute Gasteiger partial charge is 0.305 e.